The lowest BCUT2D eigenvalue weighted by Gasteiger charge is -2.31. The SMILES string of the molecule is CC1CCCCC1OCC(O)CNCC1CCCN(C)C1. The van der Waals surface area contributed by atoms with Gasteiger partial charge in [0.05, 0.1) is 18.8 Å². The van der Waals surface area contributed by atoms with Crippen molar-refractivity contribution in [3.05, 3.63) is 0 Å². The van der Waals surface area contributed by atoms with Gasteiger partial charge < -0.3 is 20.1 Å². The first kappa shape index (κ1) is 17.2. The molecule has 0 radical (unpaired) electrons. The first-order valence-corrected chi connectivity index (χ1v) is 8.84. The maximum Gasteiger partial charge on any atom is 0.0897 e. The van der Waals surface area contributed by atoms with Gasteiger partial charge in [0.2, 0.25) is 0 Å². The second-order valence-electron chi connectivity index (χ2n) is 7.22. The lowest BCUT2D eigenvalue weighted by Crippen LogP contribution is -2.40. The van der Waals surface area contributed by atoms with Crippen LogP contribution in [0.4, 0.5) is 0 Å². The Morgan fingerprint density at radius 1 is 1.24 bits per heavy atom. The molecule has 4 nitrogen and oxygen atoms in total. The summed E-state index contributed by atoms with van der Waals surface area (Å²) in [5.41, 5.74) is 0. The van der Waals surface area contributed by atoms with E-state index in [1.165, 1.54) is 45.2 Å². The van der Waals surface area contributed by atoms with Crippen LogP contribution in [0.5, 0.6) is 0 Å². The van der Waals surface area contributed by atoms with Gasteiger partial charge in [0.25, 0.3) is 0 Å². The summed E-state index contributed by atoms with van der Waals surface area (Å²) in [4.78, 5) is 2.40. The van der Waals surface area contributed by atoms with Gasteiger partial charge in [-0.15, -0.1) is 0 Å². The van der Waals surface area contributed by atoms with Crippen molar-refractivity contribution in [2.24, 2.45) is 11.8 Å². The predicted octanol–water partition coefficient (Wildman–Crippen LogP) is 1.87. The monoisotopic (exact) mass is 298 g/mol. The molecule has 4 atom stereocenters. The van der Waals surface area contributed by atoms with Gasteiger partial charge in [0, 0.05) is 13.1 Å². The fourth-order valence-electron chi connectivity index (χ4n) is 3.72. The van der Waals surface area contributed by atoms with E-state index >= 15 is 0 Å². The number of hydrogen-bond acceptors (Lipinski definition) is 4. The van der Waals surface area contributed by atoms with Crippen LogP contribution in [0.1, 0.15) is 45.4 Å². The molecule has 1 aliphatic carbocycles. The van der Waals surface area contributed by atoms with Gasteiger partial charge in [-0.2, -0.15) is 0 Å². The van der Waals surface area contributed by atoms with Crippen molar-refractivity contribution in [2.75, 3.05) is 39.8 Å². The molecule has 4 unspecified atom stereocenters. The van der Waals surface area contributed by atoms with E-state index in [4.69, 9.17) is 4.74 Å². The Morgan fingerprint density at radius 3 is 2.81 bits per heavy atom. The third kappa shape index (κ3) is 6.23. The molecule has 0 aromatic heterocycles. The molecule has 2 aliphatic rings. The molecule has 0 aromatic rings. The minimum Gasteiger partial charge on any atom is -0.389 e. The van der Waals surface area contributed by atoms with Gasteiger partial charge in [0.15, 0.2) is 0 Å². The van der Waals surface area contributed by atoms with Crippen LogP contribution in [0.25, 0.3) is 0 Å². The Bertz CT molecular complexity index is 288. The van der Waals surface area contributed by atoms with Crippen molar-refractivity contribution in [2.45, 2.75) is 57.7 Å². The van der Waals surface area contributed by atoms with Crippen molar-refractivity contribution in [1.82, 2.24) is 10.2 Å². The van der Waals surface area contributed by atoms with E-state index in [2.05, 4.69) is 24.2 Å². The topological polar surface area (TPSA) is 44.7 Å². The Balaban J connectivity index is 1.53. The highest BCUT2D eigenvalue weighted by molar-refractivity contribution is 4.75. The molecule has 1 heterocycles. The summed E-state index contributed by atoms with van der Waals surface area (Å²) < 4.78 is 5.92. The zero-order chi connectivity index (χ0) is 15.1. The average Bonchev–Trinajstić information content (AvgIpc) is 2.46. The number of rotatable bonds is 7. The molecule has 0 amide bonds. The third-order valence-electron chi connectivity index (χ3n) is 5.07. The number of hydrogen-bond donors (Lipinski definition) is 2. The standard InChI is InChI=1S/C17H34N2O2/c1-14-6-3-4-8-17(14)21-13-16(20)11-18-10-15-7-5-9-19(2)12-15/h14-18,20H,3-13H2,1-2H3. The zero-order valence-electron chi connectivity index (χ0n) is 13.9. The van der Waals surface area contributed by atoms with Crippen LogP contribution < -0.4 is 5.32 Å². The Kier molecular flexibility index (Phi) is 7.44. The Hall–Kier alpha value is -0.160. The van der Waals surface area contributed by atoms with Crippen LogP contribution in [0.3, 0.4) is 0 Å². The van der Waals surface area contributed by atoms with Crippen LogP contribution in [-0.4, -0.2) is 62.0 Å². The molecule has 0 bridgehead atoms. The van der Waals surface area contributed by atoms with Crippen molar-refractivity contribution in [1.29, 1.82) is 0 Å². The van der Waals surface area contributed by atoms with E-state index < -0.39 is 0 Å². The molecular formula is C17H34N2O2. The van der Waals surface area contributed by atoms with Crippen molar-refractivity contribution in [3.8, 4) is 0 Å². The fraction of sp³-hybridized carbons (Fsp3) is 1.00. The van der Waals surface area contributed by atoms with Crippen molar-refractivity contribution < 1.29 is 9.84 Å². The largest absolute Gasteiger partial charge is 0.389 e. The van der Waals surface area contributed by atoms with E-state index in [1.54, 1.807) is 0 Å². The minimum absolute atomic E-state index is 0.361. The molecular weight excluding hydrogens is 264 g/mol. The van der Waals surface area contributed by atoms with E-state index in [1.807, 2.05) is 0 Å². The normalized spacial score (nSPS) is 33.0. The minimum atomic E-state index is -0.375. The lowest BCUT2D eigenvalue weighted by molar-refractivity contribution is -0.0453. The van der Waals surface area contributed by atoms with Gasteiger partial charge in [-0.1, -0.05) is 19.8 Å². The molecule has 124 valence electrons. The number of aliphatic hydroxyl groups is 1. The van der Waals surface area contributed by atoms with Gasteiger partial charge in [0.1, 0.15) is 0 Å². The highest BCUT2D eigenvalue weighted by atomic mass is 16.5. The Labute approximate surface area is 130 Å². The molecule has 2 rings (SSSR count). The van der Waals surface area contributed by atoms with E-state index in [-0.39, 0.29) is 6.10 Å². The molecule has 1 saturated heterocycles. The molecule has 1 aliphatic heterocycles. The third-order valence-corrected chi connectivity index (χ3v) is 5.07. The van der Waals surface area contributed by atoms with Crippen LogP contribution in [0.2, 0.25) is 0 Å². The summed E-state index contributed by atoms with van der Waals surface area (Å²) in [5, 5.41) is 13.5. The summed E-state index contributed by atoms with van der Waals surface area (Å²) >= 11 is 0. The summed E-state index contributed by atoms with van der Waals surface area (Å²) in [6.07, 6.45) is 7.64. The van der Waals surface area contributed by atoms with Gasteiger partial charge in [-0.05, 0) is 57.7 Å². The maximum absolute atomic E-state index is 10.0. The fourth-order valence-corrected chi connectivity index (χ4v) is 3.72. The average molecular weight is 298 g/mol. The quantitative estimate of drug-likeness (QED) is 0.753. The summed E-state index contributed by atoms with van der Waals surface area (Å²) in [6, 6.07) is 0. The number of aliphatic hydroxyl groups excluding tert-OH is 1. The van der Waals surface area contributed by atoms with Crippen LogP contribution >= 0.6 is 0 Å². The molecule has 0 spiro atoms. The molecule has 1 saturated carbocycles. The first-order valence-electron chi connectivity index (χ1n) is 8.84. The Morgan fingerprint density at radius 2 is 2.05 bits per heavy atom. The number of nitrogens with zero attached hydrogens (tertiary/aromatic N) is 1. The van der Waals surface area contributed by atoms with Crippen molar-refractivity contribution >= 4 is 0 Å². The maximum atomic E-state index is 10.0. The predicted molar refractivity (Wildman–Crippen MR) is 86.5 cm³/mol. The molecule has 21 heavy (non-hydrogen) atoms. The van der Waals surface area contributed by atoms with Crippen LogP contribution in [0, 0.1) is 11.8 Å². The highest BCUT2D eigenvalue weighted by Gasteiger charge is 2.22. The number of likely N-dealkylation sites (tertiary alicyclic amines) is 1. The zero-order valence-corrected chi connectivity index (χ0v) is 13.9. The lowest BCUT2D eigenvalue weighted by atomic mass is 9.88. The first-order chi connectivity index (χ1) is 10.1. The van der Waals surface area contributed by atoms with Gasteiger partial charge in [-0.25, -0.2) is 0 Å². The summed E-state index contributed by atoms with van der Waals surface area (Å²) in [5.74, 6) is 1.38. The molecule has 2 fully saturated rings. The van der Waals surface area contributed by atoms with E-state index in [0.29, 0.717) is 25.2 Å². The molecule has 2 N–H and O–H groups in total. The number of piperidine rings is 1. The van der Waals surface area contributed by atoms with Gasteiger partial charge in [-0.3, -0.25) is 0 Å². The van der Waals surface area contributed by atoms with E-state index in [0.717, 1.165) is 18.9 Å². The number of nitrogens with one attached hydrogen (secondary N) is 1. The highest BCUT2D eigenvalue weighted by Crippen LogP contribution is 2.26. The summed E-state index contributed by atoms with van der Waals surface area (Å²) in [7, 11) is 2.19. The van der Waals surface area contributed by atoms with Crippen molar-refractivity contribution in [3.63, 3.8) is 0 Å². The van der Waals surface area contributed by atoms with Gasteiger partial charge >= 0.3 is 0 Å². The van der Waals surface area contributed by atoms with Crippen LogP contribution in [-0.2, 0) is 4.74 Å². The molecule has 4 heteroatoms. The number of ether oxygens (including phenoxy) is 1. The smallest absolute Gasteiger partial charge is 0.0897 e. The molecule has 0 aromatic carbocycles. The second-order valence-corrected chi connectivity index (χ2v) is 7.22. The van der Waals surface area contributed by atoms with E-state index in [9.17, 15) is 5.11 Å². The second kappa shape index (κ2) is 9.09. The van der Waals surface area contributed by atoms with Crippen LogP contribution in [0.15, 0.2) is 0 Å². The summed E-state index contributed by atoms with van der Waals surface area (Å²) in [6.45, 7) is 6.83.